The van der Waals surface area contributed by atoms with Crippen LogP contribution in [0.25, 0.3) is 0 Å². The van der Waals surface area contributed by atoms with E-state index in [1.54, 1.807) is 7.11 Å². The second-order valence-electron chi connectivity index (χ2n) is 6.56. The predicted octanol–water partition coefficient (Wildman–Crippen LogP) is 4.20. The van der Waals surface area contributed by atoms with Crippen LogP contribution in [0, 0.1) is 0 Å². The number of benzene rings is 2. The molecule has 3 nitrogen and oxygen atoms in total. The normalized spacial score (nSPS) is 14.8. The van der Waals surface area contributed by atoms with Crippen LogP contribution in [0.15, 0.2) is 42.5 Å². The van der Waals surface area contributed by atoms with E-state index in [1.165, 1.54) is 36.0 Å². The molecule has 1 atom stereocenters. The lowest BCUT2D eigenvalue weighted by molar-refractivity contribution is 0.0939. The van der Waals surface area contributed by atoms with Crippen molar-refractivity contribution in [3.8, 4) is 0 Å². The summed E-state index contributed by atoms with van der Waals surface area (Å²) in [5.41, 5.74) is 5.84. The van der Waals surface area contributed by atoms with Gasteiger partial charge in [0.2, 0.25) is 0 Å². The second-order valence-corrected chi connectivity index (χ2v) is 6.56. The van der Waals surface area contributed by atoms with Gasteiger partial charge in [-0.15, -0.1) is 0 Å². The van der Waals surface area contributed by atoms with Gasteiger partial charge >= 0.3 is 0 Å². The summed E-state index contributed by atoms with van der Waals surface area (Å²) in [5.74, 6) is -0.0378. The molecule has 1 aliphatic carbocycles. The van der Waals surface area contributed by atoms with Gasteiger partial charge in [-0.2, -0.15) is 0 Å². The van der Waals surface area contributed by atoms with Crippen molar-refractivity contribution >= 4 is 5.91 Å². The number of methoxy groups -OCH3 is 1. The zero-order valence-electron chi connectivity index (χ0n) is 14.5. The SMILES string of the molecule is COCc1ccc(C(=O)N[C@H](C)c2ccc3c(c2)CCCC3)cc1. The van der Waals surface area contributed by atoms with Crippen molar-refractivity contribution in [2.45, 2.75) is 45.3 Å². The second kappa shape index (κ2) is 7.63. The Morgan fingerprint density at radius 2 is 1.79 bits per heavy atom. The molecule has 0 radical (unpaired) electrons. The molecule has 1 aliphatic rings. The molecule has 3 rings (SSSR count). The van der Waals surface area contributed by atoms with Crippen LogP contribution in [0.2, 0.25) is 0 Å². The van der Waals surface area contributed by atoms with Gasteiger partial charge in [-0.05, 0) is 67.0 Å². The topological polar surface area (TPSA) is 38.3 Å². The molecule has 0 bridgehead atoms. The van der Waals surface area contributed by atoms with Crippen molar-refractivity contribution in [2.75, 3.05) is 7.11 Å². The number of rotatable bonds is 5. The fourth-order valence-electron chi connectivity index (χ4n) is 3.31. The number of ether oxygens (including phenoxy) is 1. The van der Waals surface area contributed by atoms with Crippen molar-refractivity contribution in [1.29, 1.82) is 0 Å². The summed E-state index contributed by atoms with van der Waals surface area (Å²) in [6, 6.07) is 14.2. The Balaban J connectivity index is 1.67. The van der Waals surface area contributed by atoms with Gasteiger partial charge in [-0.1, -0.05) is 30.3 Å². The summed E-state index contributed by atoms with van der Waals surface area (Å²) in [7, 11) is 1.67. The maximum absolute atomic E-state index is 12.4. The van der Waals surface area contributed by atoms with E-state index < -0.39 is 0 Å². The number of carbonyl (C=O) groups excluding carboxylic acids is 1. The van der Waals surface area contributed by atoms with E-state index in [4.69, 9.17) is 4.74 Å². The van der Waals surface area contributed by atoms with Gasteiger partial charge in [0.05, 0.1) is 12.6 Å². The molecule has 126 valence electrons. The molecular formula is C21H25NO2. The first-order valence-corrected chi connectivity index (χ1v) is 8.68. The Kier molecular flexibility index (Phi) is 5.31. The van der Waals surface area contributed by atoms with Gasteiger partial charge < -0.3 is 10.1 Å². The van der Waals surface area contributed by atoms with Gasteiger partial charge in [0.25, 0.3) is 5.91 Å². The minimum absolute atomic E-state index is 0.00313. The van der Waals surface area contributed by atoms with E-state index in [-0.39, 0.29) is 11.9 Å². The van der Waals surface area contributed by atoms with E-state index in [0.29, 0.717) is 12.2 Å². The highest BCUT2D eigenvalue weighted by Gasteiger charge is 2.15. The number of hydrogen-bond acceptors (Lipinski definition) is 2. The Morgan fingerprint density at radius 1 is 1.08 bits per heavy atom. The van der Waals surface area contributed by atoms with Crippen LogP contribution in [0.1, 0.15) is 58.4 Å². The van der Waals surface area contributed by atoms with Gasteiger partial charge in [0.15, 0.2) is 0 Å². The van der Waals surface area contributed by atoms with Crippen molar-refractivity contribution in [1.82, 2.24) is 5.32 Å². The standard InChI is InChI=1S/C21H25NO2/c1-15(19-12-11-17-5-3-4-6-20(17)13-19)22-21(23)18-9-7-16(8-10-18)14-24-2/h7-13,15H,3-6,14H2,1-2H3,(H,22,23)/t15-/m1/s1. The zero-order chi connectivity index (χ0) is 16.9. The van der Waals surface area contributed by atoms with Crippen LogP contribution in [-0.4, -0.2) is 13.0 Å². The third kappa shape index (κ3) is 3.85. The molecule has 2 aromatic carbocycles. The third-order valence-corrected chi connectivity index (χ3v) is 4.75. The van der Waals surface area contributed by atoms with Gasteiger partial charge in [0.1, 0.15) is 0 Å². The molecule has 0 unspecified atom stereocenters. The number of amides is 1. The molecular weight excluding hydrogens is 298 g/mol. The first kappa shape index (κ1) is 16.7. The van der Waals surface area contributed by atoms with Crippen LogP contribution < -0.4 is 5.32 Å². The van der Waals surface area contributed by atoms with Crippen LogP contribution in [-0.2, 0) is 24.2 Å². The Hall–Kier alpha value is -2.13. The maximum Gasteiger partial charge on any atom is 0.251 e. The lowest BCUT2D eigenvalue weighted by Gasteiger charge is -2.20. The van der Waals surface area contributed by atoms with E-state index >= 15 is 0 Å². The van der Waals surface area contributed by atoms with Crippen LogP contribution >= 0.6 is 0 Å². The molecule has 1 N–H and O–H groups in total. The Bertz CT molecular complexity index is 706. The summed E-state index contributed by atoms with van der Waals surface area (Å²) >= 11 is 0. The molecule has 24 heavy (non-hydrogen) atoms. The summed E-state index contributed by atoms with van der Waals surface area (Å²) in [5, 5.41) is 3.10. The van der Waals surface area contributed by atoms with Crippen LogP contribution in [0.3, 0.4) is 0 Å². The van der Waals surface area contributed by atoms with Crippen molar-refractivity contribution < 1.29 is 9.53 Å². The molecule has 0 saturated heterocycles. The summed E-state index contributed by atoms with van der Waals surface area (Å²) < 4.78 is 5.10. The fraction of sp³-hybridized carbons (Fsp3) is 0.381. The Morgan fingerprint density at radius 3 is 2.50 bits per heavy atom. The zero-order valence-corrected chi connectivity index (χ0v) is 14.5. The largest absolute Gasteiger partial charge is 0.380 e. The van der Waals surface area contributed by atoms with Crippen molar-refractivity contribution in [2.24, 2.45) is 0 Å². The molecule has 0 aromatic heterocycles. The highest BCUT2D eigenvalue weighted by molar-refractivity contribution is 5.94. The first-order valence-electron chi connectivity index (χ1n) is 8.68. The minimum atomic E-state index is -0.0378. The quantitative estimate of drug-likeness (QED) is 0.895. The molecule has 0 spiro atoms. The van der Waals surface area contributed by atoms with E-state index in [1.807, 2.05) is 31.2 Å². The summed E-state index contributed by atoms with van der Waals surface area (Å²) in [6.07, 6.45) is 4.90. The van der Waals surface area contributed by atoms with E-state index in [0.717, 1.165) is 12.0 Å². The van der Waals surface area contributed by atoms with Gasteiger partial charge in [0, 0.05) is 12.7 Å². The maximum atomic E-state index is 12.4. The number of hydrogen-bond donors (Lipinski definition) is 1. The summed E-state index contributed by atoms with van der Waals surface area (Å²) in [4.78, 5) is 12.4. The average Bonchev–Trinajstić information content (AvgIpc) is 2.62. The molecule has 0 heterocycles. The number of aryl methyl sites for hydroxylation is 2. The Labute approximate surface area is 144 Å². The summed E-state index contributed by atoms with van der Waals surface area (Å²) in [6.45, 7) is 2.61. The van der Waals surface area contributed by atoms with Crippen LogP contribution in [0.5, 0.6) is 0 Å². The molecule has 0 saturated carbocycles. The van der Waals surface area contributed by atoms with Gasteiger partial charge in [-0.3, -0.25) is 4.79 Å². The molecule has 1 amide bonds. The first-order chi connectivity index (χ1) is 11.7. The predicted molar refractivity (Wildman–Crippen MR) is 96.1 cm³/mol. The van der Waals surface area contributed by atoms with Crippen molar-refractivity contribution in [3.05, 3.63) is 70.3 Å². The molecule has 0 fully saturated rings. The molecule has 0 aliphatic heterocycles. The third-order valence-electron chi connectivity index (χ3n) is 4.75. The molecule has 3 heteroatoms. The van der Waals surface area contributed by atoms with Gasteiger partial charge in [-0.25, -0.2) is 0 Å². The highest BCUT2D eigenvalue weighted by Crippen LogP contribution is 2.25. The van der Waals surface area contributed by atoms with Crippen LogP contribution in [0.4, 0.5) is 0 Å². The highest BCUT2D eigenvalue weighted by atomic mass is 16.5. The smallest absolute Gasteiger partial charge is 0.251 e. The number of nitrogens with one attached hydrogen (secondary N) is 1. The van der Waals surface area contributed by atoms with E-state index in [9.17, 15) is 4.79 Å². The average molecular weight is 323 g/mol. The van der Waals surface area contributed by atoms with Crippen molar-refractivity contribution in [3.63, 3.8) is 0 Å². The number of fused-ring (bicyclic) bond motifs is 1. The fourth-order valence-corrected chi connectivity index (χ4v) is 3.31. The lowest BCUT2D eigenvalue weighted by Crippen LogP contribution is -2.26. The van der Waals surface area contributed by atoms with E-state index in [2.05, 4.69) is 23.5 Å². The monoisotopic (exact) mass is 323 g/mol. The minimum Gasteiger partial charge on any atom is -0.380 e. The lowest BCUT2D eigenvalue weighted by atomic mass is 9.89. The molecule has 2 aromatic rings. The number of carbonyl (C=O) groups is 1.